The molecule has 0 aliphatic carbocycles. The number of ether oxygens (including phenoxy) is 1. The van der Waals surface area contributed by atoms with Crippen molar-refractivity contribution in [1.82, 2.24) is 14.4 Å². The number of hydrogen-bond donors (Lipinski definition) is 2. The van der Waals surface area contributed by atoms with Gasteiger partial charge >= 0.3 is 6.03 Å². The molecule has 5 rings (SSSR count). The lowest BCUT2D eigenvalue weighted by Gasteiger charge is -2.30. The molecule has 0 spiro atoms. The van der Waals surface area contributed by atoms with Crippen molar-refractivity contribution in [2.24, 2.45) is 5.73 Å². The molecule has 9 heteroatoms. The zero-order valence-corrected chi connectivity index (χ0v) is 20.1. The molecule has 2 aromatic carbocycles. The lowest BCUT2D eigenvalue weighted by atomic mass is 10.1. The Labute approximate surface area is 209 Å². The summed E-state index contributed by atoms with van der Waals surface area (Å²) in [5, 5.41) is 3.34. The van der Waals surface area contributed by atoms with E-state index >= 15 is 0 Å². The van der Waals surface area contributed by atoms with Crippen LogP contribution < -0.4 is 11.1 Å². The molecule has 182 valence electrons. The molecule has 3 aromatic rings. The summed E-state index contributed by atoms with van der Waals surface area (Å²) < 4.78 is 7.42. The highest BCUT2D eigenvalue weighted by Gasteiger charge is 2.31. The molecule has 0 bridgehead atoms. The lowest BCUT2D eigenvalue weighted by Crippen LogP contribution is -2.41. The van der Waals surface area contributed by atoms with E-state index < -0.39 is 5.91 Å². The number of anilines is 1. The third-order valence-corrected chi connectivity index (χ3v) is 6.88. The number of nitrogens with one attached hydrogen (secondary N) is 1. The molecular weight excluding hydrogens is 466 g/mol. The van der Waals surface area contributed by atoms with Crippen LogP contribution in [0.5, 0.6) is 0 Å². The van der Waals surface area contributed by atoms with Gasteiger partial charge in [0, 0.05) is 38.4 Å². The summed E-state index contributed by atoms with van der Waals surface area (Å²) in [6.07, 6.45) is 0. The van der Waals surface area contributed by atoms with Gasteiger partial charge in [-0.25, -0.2) is 4.79 Å². The number of benzene rings is 2. The number of halogens is 1. The van der Waals surface area contributed by atoms with Crippen molar-refractivity contribution in [2.75, 3.05) is 38.2 Å². The summed E-state index contributed by atoms with van der Waals surface area (Å²) >= 11 is 6.65. The Bertz CT molecular complexity index is 1240. The second-order valence-corrected chi connectivity index (χ2v) is 9.18. The van der Waals surface area contributed by atoms with Crippen molar-refractivity contribution in [1.29, 1.82) is 0 Å². The number of carbonyl (C=O) groups is 2. The Morgan fingerprint density at radius 2 is 1.77 bits per heavy atom. The highest BCUT2D eigenvalue weighted by atomic mass is 35.5. The quantitative estimate of drug-likeness (QED) is 0.565. The summed E-state index contributed by atoms with van der Waals surface area (Å²) in [5.74, 6) is -0.598. The van der Waals surface area contributed by atoms with Gasteiger partial charge in [-0.2, -0.15) is 0 Å². The summed E-state index contributed by atoms with van der Waals surface area (Å²) in [5.41, 5.74) is 10.2. The number of amides is 3. The van der Waals surface area contributed by atoms with Crippen LogP contribution in [0.25, 0.3) is 11.3 Å². The Morgan fingerprint density at radius 1 is 1.00 bits per heavy atom. The molecular formula is C26H28ClN5O3. The van der Waals surface area contributed by atoms with Crippen molar-refractivity contribution in [3.05, 3.63) is 76.4 Å². The highest BCUT2D eigenvalue weighted by Crippen LogP contribution is 2.37. The molecule has 3 N–H and O–H groups in total. The topological polar surface area (TPSA) is 92.8 Å². The SMILES string of the molecule is NC(=O)c1c(Cl)c(-c2ccccc2)n2c1CN(C(=O)Nc1cccc(CN3CCOCC3)c1)CC2. The number of primary amides is 1. The number of hydrogen-bond acceptors (Lipinski definition) is 4. The molecule has 35 heavy (non-hydrogen) atoms. The monoisotopic (exact) mass is 493 g/mol. The molecule has 1 fully saturated rings. The first-order valence-electron chi connectivity index (χ1n) is 11.7. The predicted octanol–water partition coefficient (Wildman–Crippen LogP) is 3.79. The van der Waals surface area contributed by atoms with Gasteiger partial charge in [-0.05, 0) is 23.3 Å². The first kappa shape index (κ1) is 23.4. The summed E-state index contributed by atoms with van der Waals surface area (Å²) in [6.45, 7) is 5.34. The van der Waals surface area contributed by atoms with E-state index in [1.807, 2.05) is 53.1 Å². The average Bonchev–Trinajstić information content (AvgIpc) is 3.16. The van der Waals surface area contributed by atoms with Crippen molar-refractivity contribution < 1.29 is 14.3 Å². The van der Waals surface area contributed by atoms with Crippen LogP contribution in [0.15, 0.2) is 54.6 Å². The summed E-state index contributed by atoms with van der Waals surface area (Å²) in [4.78, 5) is 29.5. The standard InChI is InChI=1S/C26H28ClN5O3/c27-23-22(25(28)33)21-17-31(9-10-32(21)24(23)19-6-2-1-3-7-19)26(34)29-20-8-4-5-18(15-20)16-30-11-13-35-14-12-30/h1-8,15H,9-14,16-17H2,(H2,28,33)(H,29,34). The molecule has 1 aromatic heterocycles. The smallest absolute Gasteiger partial charge is 0.322 e. The molecule has 0 radical (unpaired) electrons. The first-order valence-corrected chi connectivity index (χ1v) is 12.1. The predicted molar refractivity (Wildman–Crippen MR) is 135 cm³/mol. The largest absolute Gasteiger partial charge is 0.379 e. The third-order valence-electron chi connectivity index (χ3n) is 6.51. The van der Waals surface area contributed by atoms with Crippen LogP contribution in [0.2, 0.25) is 5.02 Å². The Kier molecular flexibility index (Phi) is 6.77. The van der Waals surface area contributed by atoms with Gasteiger partial charge in [0.2, 0.25) is 0 Å². The maximum atomic E-state index is 13.2. The van der Waals surface area contributed by atoms with E-state index in [2.05, 4.69) is 16.3 Å². The molecule has 3 amide bonds. The van der Waals surface area contributed by atoms with Crippen molar-refractivity contribution >= 4 is 29.2 Å². The fourth-order valence-corrected chi connectivity index (χ4v) is 5.21. The van der Waals surface area contributed by atoms with Gasteiger partial charge < -0.3 is 25.3 Å². The maximum Gasteiger partial charge on any atom is 0.322 e. The minimum Gasteiger partial charge on any atom is -0.379 e. The van der Waals surface area contributed by atoms with E-state index in [1.165, 1.54) is 0 Å². The Morgan fingerprint density at radius 3 is 2.51 bits per heavy atom. The number of carbonyl (C=O) groups excluding carboxylic acids is 2. The van der Waals surface area contributed by atoms with E-state index in [0.717, 1.165) is 55.4 Å². The minimum atomic E-state index is -0.598. The molecule has 3 heterocycles. The normalized spacial score (nSPS) is 16.1. The Hall–Kier alpha value is -3.33. The molecule has 0 atom stereocenters. The van der Waals surface area contributed by atoms with Gasteiger partial charge in [-0.1, -0.05) is 54.1 Å². The average molecular weight is 494 g/mol. The van der Waals surface area contributed by atoms with Gasteiger partial charge in [-0.3, -0.25) is 9.69 Å². The van der Waals surface area contributed by atoms with Gasteiger partial charge in [0.15, 0.2) is 0 Å². The number of urea groups is 1. The number of rotatable bonds is 5. The van der Waals surface area contributed by atoms with Crippen LogP contribution in [-0.4, -0.2) is 59.2 Å². The molecule has 0 unspecified atom stereocenters. The molecule has 2 aliphatic heterocycles. The maximum absolute atomic E-state index is 13.2. The first-order chi connectivity index (χ1) is 17.0. The van der Waals surface area contributed by atoms with Gasteiger partial charge in [0.25, 0.3) is 5.91 Å². The lowest BCUT2D eigenvalue weighted by molar-refractivity contribution is 0.0342. The van der Waals surface area contributed by atoms with Crippen LogP contribution in [0.1, 0.15) is 21.6 Å². The van der Waals surface area contributed by atoms with Crippen molar-refractivity contribution in [3.63, 3.8) is 0 Å². The van der Waals surface area contributed by atoms with Crippen LogP contribution in [-0.2, 0) is 24.4 Å². The fraction of sp³-hybridized carbons (Fsp3) is 0.308. The van der Waals surface area contributed by atoms with Crippen LogP contribution in [0.4, 0.5) is 10.5 Å². The zero-order valence-electron chi connectivity index (χ0n) is 19.4. The number of morpholine rings is 1. The minimum absolute atomic E-state index is 0.228. The summed E-state index contributed by atoms with van der Waals surface area (Å²) in [6, 6.07) is 17.3. The van der Waals surface area contributed by atoms with Gasteiger partial charge in [-0.15, -0.1) is 0 Å². The van der Waals surface area contributed by atoms with E-state index in [1.54, 1.807) is 4.90 Å². The van der Waals surface area contributed by atoms with Crippen LogP contribution in [0.3, 0.4) is 0 Å². The molecule has 0 saturated carbocycles. The van der Waals surface area contributed by atoms with Gasteiger partial charge in [0.05, 0.1) is 41.7 Å². The number of fused-ring (bicyclic) bond motifs is 1. The second-order valence-electron chi connectivity index (χ2n) is 8.81. The molecule has 8 nitrogen and oxygen atoms in total. The van der Waals surface area contributed by atoms with E-state index in [4.69, 9.17) is 22.1 Å². The second kappa shape index (κ2) is 10.1. The fourth-order valence-electron chi connectivity index (χ4n) is 4.79. The van der Waals surface area contributed by atoms with E-state index in [9.17, 15) is 9.59 Å². The van der Waals surface area contributed by atoms with Crippen LogP contribution >= 0.6 is 11.6 Å². The van der Waals surface area contributed by atoms with Gasteiger partial charge in [0.1, 0.15) is 0 Å². The number of nitrogens with zero attached hydrogens (tertiary/aromatic N) is 3. The highest BCUT2D eigenvalue weighted by molar-refractivity contribution is 6.36. The number of nitrogens with two attached hydrogens (primary N) is 1. The third kappa shape index (κ3) is 4.91. The van der Waals surface area contributed by atoms with E-state index in [0.29, 0.717) is 23.8 Å². The van der Waals surface area contributed by atoms with Crippen LogP contribution in [0, 0.1) is 0 Å². The molecule has 2 aliphatic rings. The Balaban J connectivity index is 1.34. The molecule has 1 saturated heterocycles. The number of aromatic nitrogens is 1. The van der Waals surface area contributed by atoms with E-state index in [-0.39, 0.29) is 18.1 Å². The zero-order chi connectivity index (χ0) is 24.4. The van der Waals surface area contributed by atoms with Crippen molar-refractivity contribution in [3.8, 4) is 11.3 Å². The van der Waals surface area contributed by atoms with Crippen molar-refractivity contribution in [2.45, 2.75) is 19.6 Å². The summed E-state index contributed by atoms with van der Waals surface area (Å²) in [7, 11) is 0.